The highest BCUT2D eigenvalue weighted by Gasteiger charge is 2.12. The van der Waals surface area contributed by atoms with Gasteiger partial charge in [-0.25, -0.2) is 15.0 Å². The quantitative estimate of drug-likeness (QED) is 0.765. The van der Waals surface area contributed by atoms with Crippen LogP contribution in [0.15, 0.2) is 36.7 Å². The Hall–Kier alpha value is -3.02. The zero-order chi connectivity index (χ0) is 18.7. The van der Waals surface area contributed by atoms with E-state index in [0.29, 0.717) is 24.5 Å². The highest BCUT2D eigenvalue weighted by Crippen LogP contribution is 2.15. The molecule has 0 aliphatic rings. The van der Waals surface area contributed by atoms with Gasteiger partial charge in [-0.05, 0) is 39.7 Å². The molecular weight excluding hydrogens is 326 g/mol. The maximum Gasteiger partial charge on any atom is 0.235 e. The minimum absolute atomic E-state index is 0.0475. The Bertz CT molecular complexity index is 928. The highest BCUT2D eigenvalue weighted by molar-refractivity contribution is 5.90. The van der Waals surface area contributed by atoms with Crippen molar-refractivity contribution in [2.75, 3.05) is 5.32 Å². The van der Waals surface area contributed by atoms with Gasteiger partial charge in [0.25, 0.3) is 0 Å². The third-order valence-electron chi connectivity index (χ3n) is 4.36. The van der Waals surface area contributed by atoms with Crippen molar-refractivity contribution in [3.63, 3.8) is 0 Å². The van der Waals surface area contributed by atoms with Gasteiger partial charge in [-0.3, -0.25) is 9.36 Å². The summed E-state index contributed by atoms with van der Waals surface area (Å²) in [5.74, 6) is 1.35. The average molecular weight is 349 g/mol. The molecule has 6 heteroatoms. The van der Waals surface area contributed by atoms with E-state index in [4.69, 9.17) is 0 Å². The maximum atomic E-state index is 12.2. The van der Waals surface area contributed by atoms with Crippen molar-refractivity contribution in [3.05, 3.63) is 65.0 Å². The number of carbonyl (C=O) groups is 1. The fourth-order valence-electron chi connectivity index (χ4n) is 2.92. The summed E-state index contributed by atoms with van der Waals surface area (Å²) >= 11 is 0. The van der Waals surface area contributed by atoms with Crippen LogP contribution in [0, 0.1) is 27.7 Å². The molecule has 1 N–H and O–H groups in total. The largest absolute Gasteiger partial charge is 0.323 e. The third-order valence-corrected chi connectivity index (χ3v) is 4.36. The first kappa shape index (κ1) is 17.8. The van der Waals surface area contributed by atoms with Crippen molar-refractivity contribution in [2.24, 2.45) is 0 Å². The summed E-state index contributed by atoms with van der Waals surface area (Å²) in [4.78, 5) is 25.3. The Morgan fingerprint density at radius 3 is 2.46 bits per heavy atom. The Labute approximate surface area is 153 Å². The molecule has 2 aromatic heterocycles. The molecule has 0 fully saturated rings. The van der Waals surface area contributed by atoms with Crippen molar-refractivity contribution < 1.29 is 4.79 Å². The Morgan fingerprint density at radius 2 is 1.85 bits per heavy atom. The molecule has 0 saturated carbocycles. The lowest BCUT2D eigenvalue weighted by Gasteiger charge is -2.08. The Balaban J connectivity index is 1.63. The van der Waals surface area contributed by atoms with Crippen LogP contribution in [-0.4, -0.2) is 25.4 Å². The van der Waals surface area contributed by atoms with Crippen molar-refractivity contribution in [2.45, 2.75) is 40.5 Å². The molecule has 0 aliphatic carbocycles. The van der Waals surface area contributed by atoms with Crippen molar-refractivity contribution in [1.82, 2.24) is 19.5 Å². The molecule has 0 radical (unpaired) electrons. The SMILES string of the molecule is Cc1cccc(CCC(=O)Nc2cnc(-n3c(C)nc(C)c3C)nc2)c1. The van der Waals surface area contributed by atoms with Gasteiger partial charge < -0.3 is 5.32 Å². The fourth-order valence-corrected chi connectivity index (χ4v) is 2.92. The number of nitrogens with zero attached hydrogens (tertiary/aromatic N) is 4. The molecule has 0 atom stereocenters. The monoisotopic (exact) mass is 349 g/mol. The van der Waals surface area contributed by atoms with E-state index in [0.717, 1.165) is 22.8 Å². The van der Waals surface area contributed by atoms with E-state index in [9.17, 15) is 4.79 Å². The van der Waals surface area contributed by atoms with Crippen LogP contribution in [0.5, 0.6) is 0 Å². The molecule has 2 heterocycles. The molecule has 1 amide bonds. The molecule has 0 unspecified atom stereocenters. The minimum Gasteiger partial charge on any atom is -0.323 e. The van der Waals surface area contributed by atoms with Crippen molar-refractivity contribution >= 4 is 11.6 Å². The first-order chi connectivity index (χ1) is 12.4. The molecule has 0 bridgehead atoms. The van der Waals surface area contributed by atoms with Gasteiger partial charge in [-0.1, -0.05) is 29.8 Å². The number of benzene rings is 1. The van der Waals surface area contributed by atoms with Crippen LogP contribution in [0.1, 0.15) is 34.8 Å². The number of aryl methyl sites for hydroxylation is 4. The van der Waals surface area contributed by atoms with E-state index < -0.39 is 0 Å². The topological polar surface area (TPSA) is 72.7 Å². The number of rotatable bonds is 5. The summed E-state index contributed by atoms with van der Waals surface area (Å²) in [5.41, 5.74) is 4.92. The number of amides is 1. The average Bonchev–Trinajstić information content (AvgIpc) is 2.86. The Morgan fingerprint density at radius 1 is 1.12 bits per heavy atom. The van der Waals surface area contributed by atoms with Crippen LogP contribution in [0.3, 0.4) is 0 Å². The zero-order valence-corrected chi connectivity index (χ0v) is 15.6. The van der Waals surface area contributed by atoms with Crippen LogP contribution >= 0.6 is 0 Å². The second-order valence-corrected chi connectivity index (χ2v) is 6.47. The molecular formula is C20H23N5O. The smallest absolute Gasteiger partial charge is 0.235 e. The number of hydrogen-bond donors (Lipinski definition) is 1. The summed E-state index contributed by atoms with van der Waals surface area (Å²) in [7, 11) is 0. The molecule has 0 saturated heterocycles. The number of hydrogen-bond acceptors (Lipinski definition) is 4. The second-order valence-electron chi connectivity index (χ2n) is 6.47. The minimum atomic E-state index is -0.0475. The van der Waals surface area contributed by atoms with Crippen LogP contribution in [0.4, 0.5) is 5.69 Å². The Kier molecular flexibility index (Phi) is 5.11. The van der Waals surface area contributed by atoms with Gasteiger partial charge in [0.1, 0.15) is 5.82 Å². The number of nitrogens with one attached hydrogen (secondary N) is 1. The molecule has 0 aliphatic heterocycles. The third kappa shape index (κ3) is 3.96. The van der Waals surface area contributed by atoms with Crippen LogP contribution < -0.4 is 5.32 Å². The first-order valence-corrected chi connectivity index (χ1v) is 8.64. The van der Waals surface area contributed by atoms with Crippen molar-refractivity contribution in [1.29, 1.82) is 0 Å². The first-order valence-electron chi connectivity index (χ1n) is 8.64. The molecule has 3 aromatic rings. The van der Waals surface area contributed by atoms with E-state index in [-0.39, 0.29) is 5.91 Å². The summed E-state index contributed by atoms with van der Waals surface area (Å²) in [6.07, 6.45) is 4.38. The number of imidazole rings is 1. The van der Waals surface area contributed by atoms with Crippen LogP contribution in [0.25, 0.3) is 5.95 Å². The van der Waals surface area contributed by atoms with Gasteiger partial charge in [-0.2, -0.15) is 0 Å². The van der Waals surface area contributed by atoms with Crippen molar-refractivity contribution in [3.8, 4) is 5.95 Å². The molecule has 1 aromatic carbocycles. The number of anilines is 1. The standard InChI is InChI=1S/C20H23N5O/c1-13-6-5-7-17(10-13)8-9-19(26)24-18-11-21-20(22-12-18)25-15(3)14(2)23-16(25)4/h5-7,10-12H,8-9H2,1-4H3,(H,24,26). The number of aromatic nitrogens is 4. The predicted octanol–water partition coefficient (Wildman–Crippen LogP) is 3.47. The highest BCUT2D eigenvalue weighted by atomic mass is 16.1. The van der Waals surface area contributed by atoms with Gasteiger partial charge in [0.15, 0.2) is 0 Å². The van der Waals surface area contributed by atoms with E-state index >= 15 is 0 Å². The van der Waals surface area contributed by atoms with Gasteiger partial charge in [0.05, 0.1) is 23.8 Å². The lowest BCUT2D eigenvalue weighted by molar-refractivity contribution is -0.116. The predicted molar refractivity (Wildman–Crippen MR) is 101 cm³/mol. The van der Waals surface area contributed by atoms with Gasteiger partial charge in [-0.15, -0.1) is 0 Å². The van der Waals surface area contributed by atoms with Crippen LogP contribution in [-0.2, 0) is 11.2 Å². The number of carbonyl (C=O) groups excluding carboxylic acids is 1. The van der Waals surface area contributed by atoms with Gasteiger partial charge in [0.2, 0.25) is 11.9 Å². The lowest BCUT2D eigenvalue weighted by atomic mass is 10.1. The van der Waals surface area contributed by atoms with E-state index in [1.54, 1.807) is 12.4 Å². The lowest BCUT2D eigenvalue weighted by Crippen LogP contribution is -2.13. The summed E-state index contributed by atoms with van der Waals surface area (Å²) < 4.78 is 1.90. The fraction of sp³-hybridized carbons (Fsp3) is 0.300. The zero-order valence-electron chi connectivity index (χ0n) is 15.6. The molecule has 6 nitrogen and oxygen atoms in total. The molecule has 134 valence electrons. The van der Waals surface area contributed by atoms with E-state index in [1.165, 1.54) is 5.56 Å². The summed E-state index contributed by atoms with van der Waals surface area (Å²) in [6.45, 7) is 7.92. The van der Waals surface area contributed by atoms with Crippen LogP contribution in [0.2, 0.25) is 0 Å². The normalized spacial score (nSPS) is 10.8. The van der Waals surface area contributed by atoms with Gasteiger partial charge >= 0.3 is 0 Å². The van der Waals surface area contributed by atoms with E-state index in [1.807, 2.05) is 50.5 Å². The summed E-state index contributed by atoms with van der Waals surface area (Å²) in [6, 6.07) is 8.20. The molecule has 0 spiro atoms. The summed E-state index contributed by atoms with van der Waals surface area (Å²) in [5, 5.41) is 2.85. The second kappa shape index (κ2) is 7.47. The van der Waals surface area contributed by atoms with E-state index in [2.05, 4.69) is 26.3 Å². The van der Waals surface area contributed by atoms with Gasteiger partial charge in [0, 0.05) is 12.1 Å². The molecule has 3 rings (SSSR count). The maximum absolute atomic E-state index is 12.2. The molecule has 26 heavy (non-hydrogen) atoms.